The van der Waals surface area contributed by atoms with Crippen LogP contribution in [-0.2, 0) is 11.2 Å². The van der Waals surface area contributed by atoms with Gasteiger partial charge in [0.1, 0.15) is 5.82 Å². The van der Waals surface area contributed by atoms with Crippen molar-refractivity contribution in [2.24, 2.45) is 5.92 Å². The zero-order chi connectivity index (χ0) is 20.2. The predicted octanol–water partition coefficient (Wildman–Crippen LogP) is 4.60. The summed E-state index contributed by atoms with van der Waals surface area (Å²) in [5.41, 5.74) is 4.50. The van der Waals surface area contributed by atoms with Gasteiger partial charge < -0.3 is 10.2 Å². The van der Waals surface area contributed by atoms with E-state index in [0.29, 0.717) is 6.54 Å². The van der Waals surface area contributed by atoms with Crippen LogP contribution in [0.15, 0.2) is 48.5 Å². The topological polar surface area (TPSA) is 58.1 Å². The number of anilines is 2. The fraction of sp³-hybridized carbons (Fsp3) is 0.348. The van der Waals surface area contributed by atoms with Crippen molar-refractivity contribution in [3.63, 3.8) is 0 Å². The van der Waals surface area contributed by atoms with Crippen LogP contribution in [0.25, 0.3) is 0 Å². The minimum Gasteiger partial charge on any atom is -0.346 e. The molecule has 1 aliphatic rings. The molecule has 6 heteroatoms. The van der Waals surface area contributed by atoms with Gasteiger partial charge in [0.15, 0.2) is 0 Å². The first-order valence-corrected chi connectivity index (χ1v) is 10.9. The summed E-state index contributed by atoms with van der Waals surface area (Å²) in [5.74, 6) is 0.900. The Morgan fingerprint density at radius 3 is 2.79 bits per heavy atom. The molecule has 0 radical (unpaired) electrons. The predicted molar refractivity (Wildman–Crippen MR) is 119 cm³/mol. The number of hydrogen-bond donors (Lipinski definition) is 1. The largest absolute Gasteiger partial charge is 0.346 e. The van der Waals surface area contributed by atoms with Crippen LogP contribution in [0.5, 0.6) is 0 Å². The number of aryl methyl sites for hydroxylation is 2. The minimum absolute atomic E-state index is 0.0353. The van der Waals surface area contributed by atoms with Crippen molar-refractivity contribution in [2.45, 2.75) is 33.1 Å². The maximum atomic E-state index is 12.8. The molecule has 1 saturated heterocycles. The number of carbonyl (C=O) groups excluding carboxylic acids is 1. The van der Waals surface area contributed by atoms with Gasteiger partial charge in [-0.15, -0.1) is 0 Å². The first kappa shape index (κ1) is 19.6. The third-order valence-corrected chi connectivity index (χ3v) is 6.31. The Morgan fingerprint density at radius 2 is 2.00 bits per heavy atom. The molecule has 2 heterocycles. The summed E-state index contributed by atoms with van der Waals surface area (Å²) in [5, 5.41) is 4.01. The second kappa shape index (κ2) is 8.74. The molecule has 1 N–H and O–H groups in total. The standard InChI is InChI=1S/C23H26N4OS/c1-16-10-11-20(13-17(16)2)24-22(28)19-9-6-12-27(15-19)23-25-21(26-29-23)14-18-7-4-3-5-8-18/h3-5,7-8,10-11,13,19H,6,9,12,14-15H2,1-2H3,(H,24,28)/t19-/m1/s1. The molecule has 0 bridgehead atoms. The molecule has 1 fully saturated rings. The average Bonchev–Trinajstić information content (AvgIpc) is 3.20. The maximum Gasteiger partial charge on any atom is 0.229 e. The number of nitrogens with one attached hydrogen (secondary N) is 1. The zero-order valence-electron chi connectivity index (χ0n) is 16.9. The molecule has 1 aliphatic heterocycles. The van der Waals surface area contributed by atoms with Crippen LogP contribution in [0.2, 0.25) is 0 Å². The first-order valence-electron chi connectivity index (χ1n) is 10.1. The molecular formula is C23H26N4OS. The highest BCUT2D eigenvalue weighted by atomic mass is 32.1. The lowest BCUT2D eigenvalue weighted by molar-refractivity contribution is -0.120. The van der Waals surface area contributed by atoms with Gasteiger partial charge in [0.2, 0.25) is 11.0 Å². The Balaban J connectivity index is 1.39. The highest BCUT2D eigenvalue weighted by Crippen LogP contribution is 2.26. The maximum absolute atomic E-state index is 12.8. The van der Waals surface area contributed by atoms with E-state index in [2.05, 4.69) is 40.6 Å². The normalized spacial score (nSPS) is 16.6. The molecule has 0 spiro atoms. The molecular weight excluding hydrogens is 380 g/mol. The van der Waals surface area contributed by atoms with Crippen LogP contribution in [0.1, 0.15) is 35.4 Å². The smallest absolute Gasteiger partial charge is 0.229 e. The Bertz CT molecular complexity index is 986. The van der Waals surface area contributed by atoms with E-state index in [1.165, 1.54) is 28.2 Å². The van der Waals surface area contributed by atoms with Crippen LogP contribution in [0.3, 0.4) is 0 Å². The Kier molecular flexibility index (Phi) is 5.90. The third-order valence-electron chi connectivity index (χ3n) is 5.50. The number of hydrogen-bond acceptors (Lipinski definition) is 5. The lowest BCUT2D eigenvalue weighted by Gasteiger charge is -2.31. The summed E-state index contributed by atoms with van der Waals surface area (Å²) in [6, 6.07) is 16.3. The van der Waals surface area contributed by atoms with Crippen molar-refractivity contribution in [3.8, 4) is 0 Å². The fourth-order valence-corrected chi connectivity index (χ4v) is 4.37. The van der Waals surface area contributed by atoms with E-state index in [1.54, 1.807) is 0 Å². The number of aromatic nitrogens is 2. The lowest BCUT2D eigenvalue weighted by atomic mass is 9.97. The number of benzene rings is 2. The number of piperidine rings is 1. The SMILES string of the molecule is Cc1ccc(NC(=O)[C@@H]2CCCN(c3nc(Cc4ccccc4)ns3)C2)cc1C. The van der Waals surface area contributed by atoms with E-state index in [0.717, 1.165) is 42.5 Å². The molecule has 0 aliphatic carbocycles. The van der Waals surface area contributed by atoms with Gasteiger partial charge in [-0.25, -0.2) is 4.98 Å². The molecule has 1 amide bonds. The highest BCUT2D eigenvalue weighted by Gasteiger charge is 2.27. The van der Waals surface area contributed by atoms with Crippen LogP contribution in [-0.4, -0.2) is 28.4 Å². The molecule has 1 atom stereocenters. The molecule has 1 aromatic heterocycles. The monoisotopic (exact) mass is 406 g/mol. The van der Waals surface area contributed by atoms with E-state index in [4.69, 9.17) is 4.98 Å². The van der Waals surface area contributed by atoms with Gasteiger partial charge >= 0.3 is 0 Å². The molecule has 150 valence electrons. The van der Waals surface area contributed by atoms with Crippen LogP contribution < -0.4 is 10.2 Å². The van der Waals surface area contributed by atoms with Crippen LogP contribution >= 0.6 is 11.5 Å². The fourth-order valence-electron chi connectivity index (χ4n) is 3.65. The second-order valence-corrected chi connectivity index (χ2v) is 8.46. The second-order valence-electron chi connectivity index (χ2n) is 7.73. The van der Waals surface area contributed by atoms with Crippen molar-refractivity contribution in [1.29, 1.82) is 0 Å². The van der Waals surface area contributed by atoms with Crippen molar-refractivity contribution in [1.82, 2.24) is 9.36 Å². The van der Waals surface area contributed by atoms with E-state index in [1.807, 2.05) is 36.4 Å². The number of amides is 1. The van der Waals surface area contributed by atoms with Gasteiger partial charge in [0.25, 0.3) is 0 Å². The van der Waals surface area contributed by atoms with Crippen molar-refractivity contribution in [3.05, 3.63) is 71.0 Å². The minimum atomic E-state index is -0.0353. The Morgan fingerprint density at radius 1 is 1.17 bits per heavy atom. The zero-order valence-corrected chi connectivity index (χ0v) is 17.7. The van der Waals surface area contributed by atoms with Crippen molar-refractivity contribution in [2.75, 3.05) is 23.3 Å². The highest BCUT2D eigenvalue weighted by molar-refractivity contribution is 7.09. The quantitative estimate of drug-likeness (QED) is 0.673. The number of rotatable bonds is 5. The van der Waals surface area contributed by atoms with Crippen molar-refractivity contribution < 1.29 is 4.79 Å². The van der Waals surface area contributed by atoms with Gasteiger partial charge in [0.05, 0.1) is 5.92 Å². The first-order chi connectivity index (χ1) is 14.1. The van der Waals surface area contributed by atoms with E-state index in [9.17, 15) is 4.79 Å². The Hall–Kier alpha value is -2.73. The van der Waals surface area contributed by atoms with Crippen molar-refractivity contribution >= 4 is 28.3 Å². The van der Waals surface area contributed by atoms with E-state index < -0.39 is 0 Å². The van der Waals surface area contributed by atoms with Gasteiger partial charge in [-0.1, -0.05) is 36.4 Å². The van der Waals surface area contributed by atoms with E-state index >= 15 is 0 Å². The lowest BCUT2D eigenvalue weighted by Crippen LogP contribution is -2.40. The molecule has 29 heavy (non-hydrogen) atoms. The molecule has 0 saturated carbocycles. The number of carbonyl (C=O) groups is 1. The summed E-state index contributed by atoms with van der Waals surface area (Å²) in [6.07, 6.45) is 2.63. The Labute approximate surface area is 176 Å². The van der Waals surface area contributed by atoms with Gasteiger partial charge in [-0.2, -0.15) is 4.37 Å². The molecule has 0 unspecified atom stereocenters. The summed E-state index contributed by atoms with van der Waals surface area (Å²) in [7, 11) is 0. The summed E-state index contributed by atoms with van der Waals surface area (Å²) < 4.78 is 4.53. The summed E-state index contributed by atoms with van der Waals surface area (Å²) in [4.78, 5) is 19.8. The molecule has 3 aromatic rings. The summed E-state index contributed by atoms with van der Waals surface area (Å²) in [6.45, 7) is 5.76. The van der Waals surface area contributed by atoms with Gasteiger partial charge in [-0.05, 0) is 55.5 Å². The van der Waals surface area contributed by atoms with Gasteiger partial charge in [-0.3, -0.25) is 4.79 Å². The molecule has 5 nitrogen and oxygen atoms in total. The molecule has 2 aromatic carbocycles. The molecule has 4 rings (SSSR count). The number of nitrogens with zero attached hydrogens (tertiary/aromatic N) is 3. The van der Waals surface area contributed by atoms with Crippen LogP contribution in [0, 0.1) is 19.8 Å². The summed E-state index contributed by atoms with van der Waals surface area (Å²) >= 11 is 1.43. The van der Waals surface area contributed by atoms with Crippen LogP contribution in [0.4, 0.5) is 10.8 Å². The average molecular weight is 407 g/mol. The van der Waals surface area contributed by atoms with Gasteiger partial charge in [0, 0.05) is 36.7 Å². The van der Waals surface area contributed by atoms with E-state index in [-0.39, 0.29) is 11.8 Å². The third kappa shape index (κ3) is 4.82.